The van der Waals surface area contributed by atoms with Crippen LogP contribution in [0.25, 0.3) is 22.3 Å². The van der Waals surface area contributed by atoms with Crippen molar-refractivity contribution in [3.8, 4) is 22.8 Å². The van der Waals surface area contributed by atoms with E-state index in [0.29, 0.717) is 86.1 Å². The van der Waals surface area contributed by atoms with Crippen LogP contribution < -0.4 is 21.1 Å². The highest BCUT2D eigenvalue weighted by Gasteiger charge is 2.45. The van der Waals surface area contributed by atoms with Crippen LogP contribution in [0.5, 0.6) is 11.5 Å². The largest absolute Gasteiger partial charge is 0.457 e. The number of anilines is 2. The number of hydrogen-bond acceptors (Lipinski definition) is 14. The SMILES string of the molecule is Nc1ncnc2c1c(-c1ccc(Oc3ccccc3)cc1)nn2C1CCCN(C(=O)CCCN2CCN(C(=O)COCCNc3cccc4c3C(=O)N(C3CCC(=O)NC3=O)C4=O)CC2)C1. The van der Waals surface area contributed by atoms with Gasteiger partial charge in [0.15, 0.2) is 5.65 Å². The second-order valence-corrected chi connectivity index (χ2v) is 16.8. The van der Waals surface area contributed by atoms with Crippen molar-refractivity contribution in [1.82, 2.24) is 44.7 Å². The predicted molar refractivity (Wildman–Crippen MR) is 241 cm³/mol. The molecule has 5 aromatic rings. The second kappa shape index (κ2) is 19.5. The van der Waals surface area contributed by atoms with Gasteiger partial charge >= 0.3 is 0 Å². The minimum atomic E-state index is -1.05. The summed E-state index contributed by atoms with van der Waals surface area (Å²) in [6, 6.07) is 21.0. The molecule has 2 atom stereocenters. The van der Waals surface area contributed by atoms with E-state index >= 15 is 0 Å². The zero-order valence-electron chi connectivity index (χ0n) is 36.4. The van der Waals surface area contributed by atoms with E-state index in [1.165, 1.54) is 12.4 Å². The van der Waals surface area contributed by atoms with Crippen molar-refractivity contribution < 1.29 is 38.2 Å². The van der Waals surface area contributed by atoms with Gasteiger partial charge in [-0.15, -0.1) is 0 Å². The molecule has 3 saturated heterocycles. The zero-order chi connectivity index (χ0) is 45.7. The summed E-state index contributed by atoms with van der Waals surface area (Å²) in [5.74, 6) is -0.521. The van der Waals surface area contributed by atoms with Crippen molar-refractivity contribution in [2.24, 2.45) is 0 Å². The number of carbonyl (C=O) groups is 6. The van der Waals surface area contributed by atoms with E-state index in [1.807, 2.05) is 64.2 Å². The summed E-state index contributed by atoms with van der Waals surface area (Å²) in [5.41, 5.74) is 9.34. The Hall–Kier alpha value is -7.25. The summed E-state index contributed by atoms with van der Waals surface area (Å²) in [7, 11) is 0. The Morgan fingerprint density at radius 3 is 2.41 bits per heavy atom. The van der Waals surface area contributed by atoms with Crippen LogP contribution in [-0.2, 0) is 23.9 Å². The maximum Gasteiger partial charge on any atom is 0.264 e. The Labute approximate surface area is 380 Å². The molecule has 3 fully saturated rings. The zero-order valence-corrected chi connectivity index (χ0v) is 36.4. The van der Waals surface area contributed by atoms with Crippen LogP contribution >= 0.6 is 0 Å². The van der Waals surface area contributed by atoms with Gasteiger partial charge in [0.1, 0.15) is 42.0 Å². The first-order valence-corrected chi connectivity index (χ1v) is 22.4. The topological polar surface area (TPSA) is 228 Å². The number of nitrogens with zero attached hydrogens (tertiary/aromatic N) is 8. The monoisotopic (exact) mass is 897 g/mol. The Morgan fingerprint density at radius 1 is 0.833 bits per heavy atom. The van der Waals surface area contributed by atoms with Crippen LogP contribution in [0, 0.1) is 0 Å². The molecule has 19 nitrogen and oxygen atoms in total. The lowest BCUT2D eigenvalue weighted by Gasteiger charge is -2.35. The van der Waals surface area contributed by atoms with Gasteiger partial charge in [0, 0.05) is 69.9 Å². The lowest BCUT2D eigenvalue weighted by molar-refractivity contribution is -0.138. The maximum absolute atomic E-state index is 13.6. The number of imide groups is 2. The first-order valence-electron chi connectivity index (χ1n) is 22.4. The highest BCUT2D eigenvalue weighted by molar-refractivity contribution is 6.25. The number of nitrogens with two attached hydrogens (primary N) is 1. The number of piperidine rings is 2. The van der Waals surface area contributed by atoms with Crippen LogP contribution in [0.3, 0.4) is 0 Å². The van der Waals surface area contributed by atoms with Gasteiger partial charge in [-0.2, -0.15) is 5.10 Å². The number of piperazine rings is 1. The van der Waals surface area contributed by atoms with Gasteiger partial charge in [0.2, 0.25) is 23.6 Å². The molecule has 4 aliphatic rings. The Morgan fingerprint density at radius 2 is 1.62 bits per heavy atom. The number of ether oxygens (including phenoxy) is 2. The Balaban J connectivity index is 0.701. The number of fused-ring (bicyclic) bond motifs is 2. The molecule has 0 aliphatic carbocycles. The summed E-state index contributed by atoms with van der Waals surface area (Å²) in [6.45, 7) is 4.76. The van der Waals surface area contributed by atoms with Gasteiger partial charge in [-0.3, -0.25) is 43.9 Å². The average Bonchev–Trinajstić information content (AvgIpc) is 3.85. The first kappa shape index (κ1) is 44.0. The molecule has 4 N–H and O–H groups in total. The van der Waals surface area contributed by atoms with Crippen LogP contribution in [0.15, 0.2) is 79.1 Å². The van der Waals surface area contributed by atoms with E-state index in [0.717, 1.165) is 35.6 Å². The Kier molecular flexibility index (Phi) is 13.0. The number of carbonyl (C=O) groups excluding carboxylic acids is 6. The number of amides is 6. The number of benzene rings is 3. The van der Waals surface area contributed by atoms with Gasteiger partial charge in [-0.25, -0.2) is 14.6 Å². The molecule has 9 rings (SSSR count). The number of aromatic nitrogens is 4. The minimum Gasteiger partial charge on any atom is -0.457 e. The van der Waals surface area contributed by atoms with Gasteiger partial charge in [0.05, 0.1) is 29.2 Å². The van der Waals surface area contributed by atoms with Gasteiger partial charge in [0.25, 0.3) is 11.8 Å². The molecular formula is C47H51N11O8. The average molecular weight is 898 g/mol. The van der Waals surface area contributed by atoms with Gasteiger partial charge < -0.3 is 30.3 Å². The van der Waals surface area contributed by atoms with Gasteiger partial charge in [-0.05, 0) is 80.8 Å². The molecule has 0 spiro atoms. The third kappa shape index (κ3) is 9.30. The van der Waals surface area contributed by atoms with E-state index in [2.05, 4.69) is 25.5 Å². The second-order valence-electron chi connectivity index (χ2n) is 16.8. The van der Waals surface area contributed by atoms with Crippen LogP contribution in [0.2, 0.25) is 0 Å². The lowest BCUT2D eigenvalue weighted by atomic mass is 10.0. The summed E-state index contributed by atoms with van der Waals surface area (Å²) in [6.07, 6.45) is 4.35. The maximum atomic E-state index is 13.6. The quantitative estimate of drug-likeness (QED) is 0.101. The van der Waals surface area contributed by atoms with Crippen LogP contribution in [0.4, 0.5) is 11.5 Å². The smallest absolute Gasteiger partial charge is 0.264 e. The molecule has 342 valence electrons. The molecule has 2 aromatic heterocycles. The number of hydrogen-bond donors (Lipinski definition) is 3. The fourth-order valence-corrected chi connectivity index (χ4v) is 9.14. The number of nitrogens with one attached hydrogen (secondary N) is 2. The van der Waals surface area contributed by atoms with Crippen LogP contribution in [0.1, 0.15) is 65.3 Å². The molecule has 2 unspecified atom stereocenters. The number of para-hydroxylation sites is 1. The third-order valence-electron chi connectivity index (χ3n) is 12.6. The highest BCUT2D eigenvalue weighted by atomic mass is 16.5. The molecule has 0 bridgehead atoms. The standard InChI is InChI=1S/C47H51N11O8/c48-43-41-42(30-13-15-33(16-14-30)66-32-8-2-1-3-9-32)53-58(44(41)51-29-50-43)31-7-5-21-56(27-31)38(60)12-6-20-54-22-24-55(25-23-54)39(61)28-65-26-19-49-35-11-4-10-34-40(35)47(64)57(46(34)63)36-17-18-37(59)52-45(36)62/h1-4,8-11,13-16,29,31,36,49H,5-7,12,17-28H2,(H2,48,50,51)(H,52,59,62). The van der Waals surface area contributed by atoms with Crippen molar-refractivity contribution >= 4 is 58.0 Å². The third-order valence-corrected chi connectivity index (χ3v) is 12.6. The summed E-state index contributed by atoms with van der Waals surface area (Å²) >= 11 is 0. The van der Waals surface area contributed by atoms with Crippen molar-refractivity contribution in [2.75, 3.05) is 76.6 Å². The van der Waals surface area contributed by atoms with Crippen molar-refractivity contribution in [3.05, 3.63) is 90.3 Å². The van der Waals surface area contributed by atoms with Crippen molar-refractivity contribution in [1.29, 1.82) is 0 Å². The fourth-order valence-electron chi connectivity index (χ4n) is 9.14. The molecule has 6 amide bonds. The van der Waals surface area contributed by atoms with E-state index < -0.39 is 29.7 Å². The molecule has 3 aromatic carbocycles. The first-order chi connectivity index (χ1) is 32.1. The molecule has 0 saturated carbocycles. The molecule has 19 heteroatoms. The number of rotatable bonds is 15. The van der Waals surface area contributed by atoms with E-state index in [9.17, 15) is 28.8 Å². The lowest BCUT2D eigenvalue weighted by Crippen LogP contribution is -2.54. The summed E-state index contributed by atoms with van der Waals surface area (Å²) in [4.78, 5) is 92.8. The number of nitrogen functional groups attached to an aromatic ring is 1. The molecule has 0 radical (unpaired) electrons. The molecule has 4 aliphatic heterocycles. The molecule has 66 heavy (non-hydrogen) atoms. The molecule has 6 heterocycles. The van der Waals surface area contributed by atoms with E-state index in [1.54, 1.807) is 17.0 Å². The fraction of sp³-hybridized carbons (Fsp3) is 0.383. The van der Waals surface area contributed by atoms with Gasteiger partial charge in [-0.1, -0.05) is 24.3 Å². The predicted octanol–water partition coefficient (Wildman–Crippen LogP) is 3.49. The van der Waals surface area contributed by atoms with Crippen molar-refractivity contribution in [3.63, 3.8) is 0 Å². The minimum absolute atomic E-state index is 0.0394. The normalized spacial score (nSPS) is 19.0. The highest BCUT2D eigenvalue weighted by Crippen LogP contribution is 2.36. The summed E-state index contributed by atoms with van der Waals surface area (Å²) in [5, 5.41) is 11.0. The van der Waals surface area contributed by atoms with E-state index in [4.69, 9.17) is 20.3 Å². The van der Waals surface area contributed by atoms with Crippen molar-refractivity contribution in [2.45, 2.75) is 50.6 Å². The number of likely N-dealkylation sites (tertiary alicyclic amines) is 1. The Bertz CT molecular complexity index is 2650. The summed E-state index contributed by atoms with van der Waals surface area (Å²) < 4.78 is 13.6. The molecular weight excluding hydrogens is 847 g/mol. The van der Waals surface area contributed by atoms with E-state index in [-0.39, 0.29) is 61.6 Å². The van der Waals surface area contributed by atoms with Crippen LogP contribution in [-0.4, -0.2) is 146 Å².